The van der Waals surface area contributed by atoms with Gasteiger partial charge in [-0.25, -0.2) is 0 Å². The third-order valence-corrected chi connectivity index (χ3v) is 3.17. The molecule has 86 valence electrons. The van der Waals surface area contributed by atoms with Gasteiger partial charge >= 0.3 is 0 Å². The lowest BCUT2D eigenvalue weighted by atomic mass is 9.97. The van der Waals surface area contributed by atoms with Crippen LogP contribution in [0.4, 0.5) is 5.69 Å². The molecule has 0 amide bonds. The van der Waals surface area contributed by atoms with E-state index < -0.39 is 0 Å². The summed E-state index contributed by atoms with van der Waals surface area (Å²) in [5, 5.41) is 3.44. The van der Waals surface area contributed by atoms with Crippen molar-refractivity contribution in [3.63, 3.8) is 0 Å². The van der Waals surface area contributed by atoms with Gasteiger partial charge in [-0.05, 0) is 24.5 Å². The maximum absolute atomic E-state index is 5.68. The normalized spacial score (nSPS) is 22.2. The molecule has 3 N–H and O–H groups in total. The molecule has 0 radical (unpaired) electrons. The molecule has 0 bridgehead atoms. The zero-order valence-electron chi connectivity index (χ0n) is 9.16. The first-order valence-electron chi connectivity index (χ1n) is 5.76. The van der Waals surface area contributed by atoms with Crippen LogP contribution in [0.25, 0.3) is 0 Å². The molecular weight excluding hydrogens is 204 g/mol. The Hall–Kier alpha value is -1.42. The molecule has 0 aromatic heterocycles. The fraction of sp³-hybridized carbons (Fsp3) is 0.500. The minimum absolute atomic E-state index is 0.384. The molecule has 3 rings (SSSR count). The number of anilines is 1. The van der Waals surface area contributed by atoms with Gasteiger partial charge < -0.3 is 20.5 Å². The predicted molar refractivity (Wildman–Crippen MR) is 62.2 cm³/mol. The second kappa shape index (κ2) is 3.87. The van der Waals surface area contributed by atoms with E-state index in [0.717, 1.165) is 30.0 Å². The summed E-state index contributed by atoms with van der Waals surface area (Å²) in [5.74, 6) is 1.72. The van der Waals surface area contributed by atoms with Crippen molar-refractivity contribution in [2.45, 2.75) is 18.9 Å². The highest BCUT2D eigenvalue weighted by molar-refractivity contribution is 5.62. The van der Waals surface area contributed by atoms with E-state index in [4.69, 9.17) is 15.2 Å². The number of rotatable bonds is 1. The van der Waals surface area contributed by atoms with Gasteiger partial charge in [-0.15, -0.1) is 0 Å². The molecule has 1 atom stereocenters. The molecule has 0 saturated heterocycles. The highest BCUT2D eigenvalue weighted by atomic mass is 16.6. The van der Waals surface area contributed by atoms with Gasteiger partial charge in [-0.3, -0.25) is 0 Å². The number of benzene rings is 1. The largest absolute Gasteiger partial charge is 0.486 e. The Morgan fingerprint density at radius 2 is 2.00 bits per heavy atom. The van der Waals surface area contributed by atoms with Crippen LogP contribution in [0.3, 0.4) is 0 Å². The van der Waals surface area contributed by atoms with E-state index in [9.17, 15) is 0 Å². The Labute approximate surface area is 94.7 Å². The lowest BCUT2D eigenvalue weighted by Crippen LogP contribution is -2.32. The van der Waals surface area contributed by atoms with Gasteiger partial charge in [0.1, 0.15) is 13.2 Å². The Morgan fingerprint density at radius 3 is 2.75 bits per heavy atom. The highest BCUT2D eigenvalue weighted by Crippen LogP contribution is 2.38. The monoisotopic (exact) mass is 220 g/mol. The number of aryl methyl sites for hydroxylation is 1. The molecule has 1 aromatic rings. The third kappa shape index (κ3) is 1.59. The second-order valence-corrected chi connectivity index (χ2v) is 4.27. The molecule has 4 nitrogen and oxygen atoms in total. The summed E-state index contributed by atoms with van der Waals surface area (Å²) >= 11 is 0. The average Bonchev–Trinajstić information content (AvgIpc) is 2.35. The topological polar surface area (TPSA) is 56.5 Å². The number of hydrogen-bond donors (Lipinski definition) is 2. The number of ether oxygens (including phenoxy) is 2. The van der Waals surface area contributed by atoms with Gasteiger partial charge in [0.25, 0.3) is 0 Å². The Kier molecular flexibility index (Phi) is 2.36. The van der Waals surface area contributed by atoms with Crippen LogP contribution in [0.2, 0.25) is 0 Å². The first-order valence-corrected chi connectivity index (χ1v) is 5.76. The molecule has 1 unspecified atom stereocenters. The van der Waals surface area contributed by atoms with E-state index in [1.807, 2.05) is 6.07 Å². The Balaban J connectivity index is 1.95. The third-order valence-electron chi connectivity index (χ3n) is 3.17. The maximum Gasteiger partial charge on any atom is 0.163 e. The van der Waals surface area contributed by atoms with Gasteiger partial charge in [0.2, 0.25) is 0 Å². The minimum Gasteiger partial charge on any atom is -0.486 e. The highest BCUT2D eigenvalue weighted by Gasteiger charge is 2.21. The van der Waals surface area contributed by atoms with Gasteiger partial charge in [0, 0.05) is 24.3 Å². The lowest BCUT2D eigenvalue weighted by Gasteiger charge is -2.28. The molecule has 2 heterocycles. The zero-order valence-corrected chi connectivity index (χ0v) is 9.16. The number of nitrogens with one attached hydrogen (secondary N) is 1. The van der Waals surface area contributed by atoms with Crippen LogP contribution in [0.1, 0.15) is 12.0 Å². The van der Waals surface area contributed by atoms with E-state index in [-0.39, 0.29) is 0 Å². The maximum atomic E-state index is 5.68. The molecule has 4 heteroatoms. The summed E-state index contributed by atoms with van der Waals surface area (Å²) in [7, 11) is 0. The molecule has 2 aliphatic rings. The molecule has 0 saturated carbocycles. The van der Waals surface area contributed by atoms with Gasteiger partial charge in [0.05, 0.1) is 0 Å². The fourth-order valence-electron chi connectivity index (χ4n) is 2.27. The molecule has 1 aromatic carbocycles. The van der Waals surface area contributed by atoms with Crippen LogP contribution in [-0.4, -0.2) is 25.8 Å². The summed E-state index contributed by atoms with van der Waals surface area (Å²) in [6.07, 6.45) is 2.14. The summed E-state index contributed by atoms with van der Waals surface area (Å²) in [4.78, 5) is 0. The number of hydrogen-bond acceptors (Lipinski definition) is 4. The number of fused-ring (bicyclic) bond motifs is 2. The van der Waals surface area contributed by atoms with Gasteiger partial charge in [-0.2, -0.15) is 0 Å². The molecular formula is C12H16N2O2. The van der Waals surface area contributed by atoms with Crippen molar-refractivity contribution in [2.24, 2.45) is 5.73 Å². The molecule has 16 heavy (non-hydrogen) atoms. The predicted octanol–water partition coefficient (Wildman–Crippen LogP) is 1.14. The molecule has 0 aliphatic carbocycles. The lowest BCUT2D eigenvalue weighted by molar-refractivity contribution is 0.171. The summed E-state index contributed by atoms with van der Waals surface area (Å²) in [6.45, 7) is 1.95. The average molecular weight is 220 g/mol. The SMILES string of the molecule is NCC1CCc2cc3c(cc2N1)OCCO3. The second-order valence-electron chi connectivity index (χ2n) is 4.27. The van der Waals surface area contributed by atoms with Crippen LogP contribution >= 0.6 is 0 Å². The standard InChI is InChI=1S/C12H16N2O2/c13-7-9-2-1-8-5-11-12(6-10(8)14-9)16-4-3-15-11/h5-6,9,14H,1-4,7,13H2. The first-order chi connectivity index (χ1) is 7.86. The van der Waals surface area contributed by atoms with E-state index in [2.05, 4.69) is 11.4 Å². The summed E-state index contributed by atoms with van der Waals surface area (Å²) < 4.78 is 11.1. The van der Waals surface area contributed by atoms with E-state index in [1.54, 1.807) is 0 Å². The van der Waals surface area contributed by atoms with Crippen molar-refractivity contribution in [1.29, 1.82) is 0 Å². The van der Waals surface area contributed by atoms with Crippen LogP contribution < -0.4 is 20.5 Å². The molecule has 0 spiro atoms. The Morgan fingerprint density at radius 1 is 1.25 bits per heavy atom. The fourth-order valence-corrected chi connectivity index (χ4v) is 2.27. The van der Waals surface area contributed by atoms with Crippen molar-refractivity contribution in [3.8, 4) is 11.5 Å². The van der Waals surface area contributed by atoms with Crippen LogP contribution in [0, 0.1) is 0 Å². The van der Waals surface area contributed by atoms with Crippen molar-refractivity contribution in [1.82, 2.24) is 0 Å². The van der Waals surface area contributed by atoms with E-state index >= 15 is 0 Å². The smallest absolute Gasteiger partial charge is 0.163 e. The first kappa shape index (κ1) is 9.78. The van der Waals surface area contributed by atoms with Crippen molar-refractivity contribution >= 4 is 5.69 Å². The van der Waals surface area contributed by atoms with E-state index in [1.165, 1.54) is 5.56 Å². The van der Waals surface area contributed by atoms with Crippen LogP contribution in [0.5, 0.6) is 11.5 Å². The van der Waals surface area contributed by atoms with Crippen molar-refractivity contribution in [3.05, 3.63) is 17.7 Å². The van der Waals surface area contributed by atoms with Crippen LogP contribution in [-0.2, 0) is 6.42 Å². The van der Waals surface area contributed by atoms with Crippen molar-refractivity contribution in [2.75, 3.05) is 25.1 Å². The summed E-state index contributed by atoms with van der Waals surface area (Å²) in [6, 6.07) is 4.50. The molecule has 2 aliphatic heterocycles. The summed E-state index contributed by atoms with van der Waals surface area (Å²) in [5.41, 5.74) is 8.12. The zero-order chi connectivity index (χ0) is 11.0. The molecule has 0 fully saturated rings. The van der Waals surface area contributed by atoms with E-state index in [0.29, 0.717) is 25.8 Å². The van der Waals surface area contributed by atoms with Gasteiger partial charge in [0.15, 0.2) is 11.5 Å². The number of nitrogens with two attached hydrogens (primary N) is 1. The minimum atomic E-state index is 0.384. The van der Waals surface area contributed by atoms with Gasteiger partial charge in [-0.1, -0.05) is 0 Å². The quantitative estimate of drug-likeness (QED) is 0.745. The Bertz CT molecular complexity index is 406. The van der Waals surface area contributed by atoms with Crippen molar-refractivity contribution < 1.29 is 9.47 Å². The van der Waals surface area contributed by atoms with Crippen LogP contribution in [0.15, 0.2) is 12.1 Å².